The van der Waals surface area contributed by atoms with E-state index in [1.54, 1.807) is 11.8 Å². The Bertz CT molecular complexity index is 1150. The standard InChI is InChI=1S/C23H25N5OS/c1-14(2)20-24-22(29-27-20)17(5)30-23-26-25-21(18-9-7-6-8-10-18)28(23)19-12-11-15(3)16(4)13-19/h6-14,17H,1-5H3. The predicted molar refractivity (Wildman–Crippen MR) is 119 cm³/mol. The minimum absolute atomic E-state index is 0.0527. The Morgan fingerprint density at radius 3 is 2.37 bits per heavy atom. The number of aryl methyl sites for hydroxylation is 2. The van der Waals surface area contributed by atoms with E-state index in [0.717, 1.165) is 28.1 Å². The summed E-state index contributed by atoms with van der Waals surface area (Å²) in [6.07, 6.45) is 0. The van der Waals surface area contributed by atoms with Crippen molar-refractivity contribution in [2.75, 3.05) is 0 Å². The molecule has 2 aromatic carbocycles. The maximum atomic E-state index is 5.49. The molecule has 0 bridgehead atoms. The summed E-state index contributed by atoms with van der Waals surface area (Å²) in [6.45, 7) is 10.4. The first-order valence-corrected chi connectivity index (χ1v) is 10.9. The fraction of sp³-hybridized carbons (Fsp3) is 0.304. The lowest BCUT2D eigenvalue weighted by Crippen LogP contribution is -2.02. The van der Waals surface area contributed by atoms with E-state index in [0.29, 0.717) is 5.89 Å². The molecule has 0 radical (unpaired) electrons. The van der Waals surface area contributed by atoms with Crippen molar-refractivity contribution in [3.8, 4) is 17.1 Å². The van der Waals surface area contributed by atoms with Crippen molar-refractivity contribution in [1.29, 1.82) is 0 Å². The minimum atomic E-state index is -0.0527. The van der Waals surface area contributed by atoms with E-state index >= 15 is 0 Å². The molecule has 0 fully saturated rings. The van der Waals surface area contributed by atoms with Crippen molar-refractivity contribution in [2.45, 2.75) is 50.9 Å². The van der Waals surface area contributed by atoms with E-state index < -0.39 is 0 Å². The molecule has 1 unspecified atom stereocenters. The van der Waals surface area contributed by atoms with Crippen LogP contribution in [0.1, 0.15) is 54.8 Å². The van der Waals surface area contributed by atoms with Gasteiger partial charge in [0.05, 0.1) is 10.9 Å². The van der Waals surface area contributed by atoms with Crippen LogP contribution in [0.15, 0.2) is 58.2 Å². The lowest BCUT2D eigenvalue weighted by Gasteiger charge is -2.13. The van der Waals surface area contributed by atoms with Crippen molar-refractivity contribution in [3.05, 3.63) is 71.4 Å². The third-order valence-corrected chi connectivity index (χ3v) is 6.05. The highest BCUT2D eigenvalue weighted by atomic mass is 32.2. The number of rotatable bonds is 6. The zero-order valence-electron chi connectivity index (χ0n) is 17.8. The minimum Gasteiger partial charge on any atom is -0.338 e. The highest BCUT2D eigenvalue weighted by Gasteiger charge is 2.23. The second kappa shape index (κ2) is 8.44. The van der Waals surface area contributed by atoms with Crippen LogP contribution in [-0.2, 0) is 0 Å². The molecule has 4 aromatic rings. The Hall–Kier alpha value is -2.93. The van der Waals surface area contributed by atoms with E-state index in [1.165, 1.54) is 11.1 Å². The van der Waals surface area contributed by atoms with Gasteiger partial charge in [-0.05, 0) is 44.0 Å². The molecule has 2 aromatic heterocycles. The zero-order chi connectivity index (χ0) is 21.3. The molecule has 1 atom stereocenters. The third-order valence-electron chi connectivity index (χ3n) is 5.02. The van der Waals surface area contributed by atoms with Crippen LogP contribution in [-0.4, -0.2) is 24.9 Å². The molecule has 154 valence electrons. The first kappa shape index (κ1) is 20.3. The number of hydrogen-bond acceptors (Lipinski definition) is 6. The van der Waals surface area contributed by atoms with Crippen molar-refractivity contribution in [2.24, 2.45) is 0 Å². The Kier molecular flexibility index (Phi) is 5.72. The normalized spacial score (nSPS) is 12.5. The summed E-state index contributed by atoms with van der Waals surface area (Å²) < 4.78 is 7.59. The molecule has 0 N–H and O–H groups in total. The number of thioether (sulfide) groups is 1. The van der Waals surface area contributed by atoms with Gasteiger partial charge in [-0.15, -0.1) is 10.2 Å². The van der Waals surface area contributed by atoms with Gasteiger partial charge in [-0.25, -0.2) is 0 Å². The van der Waals surface area contributed by atoms with Crippen LogP contribution in [0, 0.1) is 13.8 Å². The van der Waals surface area contributed by atoms with Gasteiger partial charge in [0.25, 0.3) is 0 Å². The molecule has 0 aliphatic heterocycles. The number of hydrogen-bond donors (Lipinski definition) is 0. The first-order chi connectivity index (χ1) is 14.4. The lowest BCUT2D eigenvalue weighted by molar-refractivity contribution is 0.373. The van der Waals surface area contributed by atoms with Crippen LogP contribution >= 0.6 is 11.8 Å². The summed E-state index contributed by atoms with van der Waals surface area (Å²) in [7, 11) is 0. The molecule has 0 aliphatic rings. The van der Waals surface area contributed by atoms with E-state index in [1.807, 2.05) is 37.3 Å². The van der Waals surface area contributed by atoms with Gasteiger partial charge in [-0.1, -0.05) is 67.2 Å². The molecular formula is C23H25N5OS. The van der Waals surface area contributed by atoms with Gasteiger partial charge in [-0.2, -0.15) is 4.98 Å². The molecule has 0 saturated heterocycles. The monoisotopic (exact) mass is 419 g/mol. The lowest BCUT2D eigenvalue weighted by atomic mass is 10.1. The van der Waals surface area contributed by atoms with Gasteiger partial charge < -0.3 is 4.52 Å². The zero-order valence-corrected chi connectivity index (χ0v) is 18.6. The van der Waals surface area contributed by atoms with Crippen LogP contribution in [0.4, 0.5) is 0 Å². The van der Waals surface area contributed by atoms with Gasteiger partial charge in [0.2, 0.25) is 5.89 Å². The van der Waals surface area contributed by atoms with E-state index in [2.05, 4.69) is 70.8 Å². The van der Waals surface area contributed by atoms with Crippen molar-refractivity contribution < 1.29 is 4.52 Å². The van der Waals surface area contributed by atoms with Gasteiger partial charge in [0.15, 0.2) is 16.8 Å². The van der Waals surface area contributed by atoms with Gasteiger partial charge in [-0.3, -0.25) is 4.57 Å². The van der Waals surface area contributed by atoms with Crippen LogP contribution in [0.3, 0.4) is 0 Å². The van der Waals surface area contributed by atoms with Crippen molar-refractivity contribution >= 4 is 11.8 Å². The SMILES string of the molecule is Cc1ccc(-n2c(SC(C)c3nc(C(C)C)no3)nnc2-c2ccccc2)cc1C. The first-order valence-electron chi connectivity index (χ1n) is 10.0. The van der Waals surface area contributed by atoms with Crippen LogP contribution < -0.4 is 0 Å². The van der Waals surface area contributed by atoms with Crippen LogP contribution in [0.25, 0.3) is 17.1 Å². The summed E-state index contributed by atoms with van der Waals surface area (Å²) in [5, 5.41) is 13.9. The maximum absolute atomic E-state index is 5.49. The summed E-state index contributed by atoms with van der Waals surface area (Å²) in [5.41, 5.74) is 4.53. The molecule has 4 rings (SSSR count). The third kappa shape index (κ3) is 4.03. The summed E-state index contributed by atoms with van der Waals surface area (Å²) in [6, 6.07) is 16.5. The highest BCUT2D eigenvalue weighted by molar-refractivity contribution is 7.99. The molecule has 2 heterocycles. The van der Waals surface area contributed by atoms with Crippen molar-refractivity contribution in [3.63, 3.8) is 0 Å². The fourth-order valence-corrected chi connectivity index (χ4v) is 3.97. The van der Waals surface area contributed by atoms with Gasteiger partial charge >= 0.3 is 0 Å². The summed E-state index contributed by atoms with van der Waals surface area (Å²) in [4.78, 5) is 4.54. The number of aromatic nitrogens is 5. The molecule has 30 heavy (non-hydrogen) atoms. The molecular weight excluding hydrogens is 394 g/mol. The van der Waals surface area contributed by atoms with E-state index in [-0.39, 0.29) is 11.2 Å². The molecule has 0 amide bonds. The quantitative estimate of drug-likeness (QED) is 0.362. The van der Waals surface area contributed by atoms with Gasteiger partial charge in [0, 0.05) is 11.5 Å². The predicted octanol–water partition coefficient (Wildman–Crippen LogP) is 5.91. The topological polar surface area (TPSA) is 69.6 Å². The second-order valence-corrected chi connectivity index (χ2v) is 8.99. The maximum Gasteiger partial charge on any atom is 0.239 e. The number of nitrogens with zero attached hydrogens (tertiary/aromatic N) is 5. The van der Waals surface area contributed by atoms with Crippen LogP contribution in [0.2, 0.25) is 0 Å². The fourth-order valence-electron chi connectivity index (χ4n) is 3.07. The van der Waals surface area contributed by atoms with E-state index in [9.17, 15) is 0 Å². The van der Waals surface area contributed by atoms with Crippen LogP contribution in [0.5, 0.6) is 0 Å². The molecule has 0 spiro atoms. The smallest absolute Gasteiger partial charge is 0.239 e. The average Bonchev–Trinajstić information content (AvgIpc) is 3.38. The summed E-state index contributed by atoms with van der Waals surface area (Å²) in [5.74, 6) is 2.35. The Labute approximate surface area is 180 Å². The molecule has 7 heteroatoms. The summed E-state index contributed by atoms with van der Waals surface area (Å²) >= 11 is 1.56. The molecule has 0 saturated carbocycles. The average molecular weight is 420 g/mol. The largest absolute Gasteiger partial charge is 0.338 e. The van der Waals surface area contributed by atoms with Crippen molar-refractivity contribution in [1.82, 2.24) is 24.9 Å². The molecule has 6 nitrogen and oxygen atoms in total. The molecule has 0 aliphatic carbocycles. The van der Waals surface area contributed by atoms with E-state index in [4.69, 9.17) is 4.52 Å². The Morgan fingerprint density at radius 1 is 0.933 bits per heavy atom. The second-order valence-electron chi connectivity index (χ2n) is 7.68. The number of benzene rings is 2. The Morgan fingerprint density at radius 2 is 1.70 bits per heavy atom. The Balaban J connectivity index is 1.75. The highest BCUT2D eigenvalue weighted by Crippen LogP contribution is 2.36. The van der Waals surface area contributed by atoms with Gasteiger partial charge in [0.1, 0.15) is 0 Å².